The SMILES string of the molecule is Cc1nc(NCCN2CCC(c3ccccc3C)C2)c2nc(C)oc2n1. The molecule has 6 nitrogen and oxygen atoms in total. The van der Waals surface area contributed by atoms with Crippen LogP contribution in [0.3, 0.4) is 0 Å². The van der Waals surface area contributed by atoms with Crippen LogP contribution < -0.4 is 5.32 Å². The molecule has 0 amide bonds. The fourth-order valence-corrected chi connectivity index (χ4v) is 3.82. The first-order chi connectivity index (χ1) is 12.6. The Bertz CT molecular complexity index is 920. The number of oxazole rings is 1. The third-order valence-corrected chi connectivity index (χ3v) is 5.10. The molecule has 0 bridgehead atoms. The van der Waals surface area contributed by atoms with E-state index in [-0.39, 0.29) is 0 Å². The van der Waals surface area contributed by atoms with Gasteiger partial charge in [0.05, 0.1) is 0 Å². The molecule has 3 heterocycles. The van der Waals surface area contributed by atoms with Gasteiger partial charge in [0.25, 0.3) is 5.71 Å². The first kappa shape index (κ1) is 17.0. The third kappa shape index (κ3) is 3.42. The average molecular weight is 351 g/mol. The number of aryl methyl sites for hydroxylation is 3. The van der Waals surface area contributed by atoms with Gasteiger partial charge in [0, 0.05) is 26.6 Å². The van der Waals surface area contributed by atoms with Crippen molar-refractivity contribution in [3.8, 4) is 0 Å². The Hall–Kier alpha value is -2.47. The predicted molar refractivity (Wildman–Crippen MR) is 103 cm³/mol. The molecule has 1 unspecified atom stereocenters. The summed E-state index contributed by atoms with van der Waals surface area (Å²) in [5, 5.41) is 3.42. The number of anilines is 1. The summed E-state index contributed by atoms with van der Waals surface area (Å²) in [6, 6.07) is 8.75. The molecule has 3 aromatic rings. The van der Waals surface area contributed by atoms with Crippen molar-refractivity contribution in [3.05, 3.63) is 47.1 Å². The largest absolute Gasteiger partial charge is 0.422 e. The molecular weight excluding hydrogens is 326 g/mol. The molecule has 0 radical (unpaired) electrons. The van der Waals surface area contributed by atoms with E-state index in [1.54, 1.807) is 0 Å². The quantitative estimate of drug-likeness (QED) is 0.759. The van der Waals surface area contributed by atoms with Gasteiger partial charge in [-0.05, 0) is 43.9 Å². The summed E-state index contributed by atoms with van der Waals surface area (Å²) < 4.78 is 5.53. The van der Waals surface area contributed by atoms with E-state index in [2.05, 4.69) is 56.4 Å². The number of likely N-dealkylation sites (tertiary alicyclic amines) is 1. The molecule has 1 aliphatic heterocycles. The lowest BCUT2D eigenvalue weighted by Gasteiger charge is -2.17. The molecule has 1 N–H and O–H groups in total. The second-order valence-corrected chi connectivity index (χ2v) is 7.08. The van der Waals surface area contributed by atoms with Crippen LogP contribution in [-0.4, -0.2) is 46.0 Å². The van der Waals surface area contributed by atoms with Crippen molar-refractivity contribution in [2.24, 2.45) is 0 Å². The van der Waals surface area contributed by atoms with Crippen molar-refractivity contribution >= 4 is 17.0 Å². The zero-order chi connectivity index (χ0) is 18.1. The molecule has 1 aliphatic rings. The van der Waals surface area contributed by atoms with Gasteiger partial charge in [-0.3, -0.25) is 0 Å². The summed E-state index contributed by atoms with van der Waals surface area (Å²) in [5.41, 5.74) is 4.16. The molecule has 0 aliphatic carbocycles. The van der Waals surface area contributed by atoms with Crippen molar-refractivity contribution in [1.82, 2.24) is 19.9 Å². The highest BCUT2D eigenvalue weighted by Crippen LogP contribution is 2.29. The van der Waals surface area contributed by atoms with Crippen LogP contribution in [0.5, 0.6) is 0 Å². The summed E-state index contributed by atoms with van der Waals surface area (Å²) in [7, 11) is 0. The zero-order valence-corrected chi connectivity index (χ0v) is 15.6. The van der Waals surface area contributed by atoms with Crippen LogP contribution in [0.25, 0.3) is 11.2 Å². The number of fused-ring (bicyclic) bond motifs is 1. The van der Waals surface area contributed by atoms with Gasteiger partial charge < -0.3 is 14.6 Å². The molecule has 4 rings (SSSR count). The van der Waals surface area contributed by atoms with Crippen LogP contribution >= 0.6 is 0 Å². The monoisotopic (exact) mass is 351 g/mol. The van der Waals surface area contributed by atoms with Crippen molar-refractivity contribution in [3.63, 3.8) is 0 Å². The van der Waals surface area contributed by atoms with Gasteiger partial charge >= 0.3 is 0 Å². The molecule has 1 atom stereocenters. The van der Waals surface area contributed by atoms with Gasteiger partial charge in [-0.1, -0.05) is 24.3 Å². The van der Waals surface area contributed by atoms with E-state index in [9.17, 15) is 0 Å². The highest BCUT2D eigenvalue weighted by atomic mass is 16.4. The van der Waals surface area contributed by atoms with Crippen LogP contribution in [0.2, 0.25) is 0 Å². The number of aromatic nitrogens is 3. The fourth-order valence-electron chi connectivity index (χ4n) is 3.82. The van der Waals surface area contributed by atoms with Crippen molar-refractivity contribution in [2.75, 3.05) is 31.5 Å². The lowest BCUT2D eigenvalue weighted by Crippen LogP contribution is -2.27. The Morgan fingerprint density at radius 1 is 1.15 bits per heavy atom. The van der Waals surface area contributed by atoms with Gasteiger partial charge in [0.15, 0.2) is 17.2 Å². The van der Waals surface area contributed by atoms with Crippen LogP contribution in [0.15, 0.2) is 28.7 Å². The highest BCUT2D eigenvalue weighted by molar-refractivity contribution is 5.81. The van der Waals surface area contributed by atoms with E-state index in [1.807, 2.05) is 13.8 Å². The molecule has 1 saturated heterocycles. The van der Waals surface area contributed by atoms with Crippen LogP contribution in [0.1, 0.15) is 35.2 Å². The number of hydrogen-bond acceptors (Lipinski definition) is 6. The van der Waals surface area contributed by atoms with E-state index >= 15 is 0 Å². The molecule has 1 aromatic carbocycles. The van der Waals surface area contributed by atoms with Gasteiger partial charge in [0.1, 0.15) is 5.82 Å². The predicted octanol–water partition coefficient (Wildman–Crippen LogP) is 3.44. The number of hydrogen-bond donors (Lipinski definition) is 1. The summed E-state index contributed by atoms with van der Waals surface area (Å²) in [4.78, 5) is 15.7. The van der Waals surface area contributed by atoms with Gasteiger partial charge in [0.2, 0.25) is 0 Å². The van der Waals surface area contributed by atoms with E-state index in [4.69, 9.17) is 4.42 Å². The summed E-state index contributed by atoms with van der Waals surface area (Å²) in [5.74, 6) is 2.71. The fraction of sp³-hybridized carbons (Fsp3) is 0.450. The molecule has 0 saturated carbocycles. The highest BCUT2D eigenvalue weighted by Gasteiger charge is 2.24. The van der Waals surface area contributed by atoms with E-state index in [0.717, 1.165) is 32.0 Å². The smallest absolute Gasteiger partial charge is 0.252 e. The van der Waals surface area contributed by atoms with Crippen molar-refractivity contribution in [1.29, 1.82) is 0 Å². The zero-order valence-electron chi connectivity index (χ0n) is 15.6. The standard InChI is InChI=1S/C20H25N5O/c1-13-6-4-5-7-17(13)16-8-10-25(12-16)11-9-21-19-18-20(23-14(2)22-19)26-15(3)24-18/h4-7,16H,8-12H2,1-3H3,(H,21,22,23). The maximum Gasteiger partial charge on any atom is 0.252 e. The van der Waals surface area contributed by atoms with Crippen LogP contribution in [0, 0.1) is 20.8 Å². The second-order valence-electron chi connectivity index (χ2n) is 7.08. The summed E-state index contributed by atoms with van der Waals surface area (Å²) >= 11 is 0. The number of benzene rings is 1. The lowest BCUT2D eigenvalue weighted by molar-refractivity contribution is 0.347. The Labute approximate surface area is 153 Å². The minimum Gasteiger partial charge on any atom is -0.422 e. The Morgan fingerprint density at radius 3 is 2.85 bits per heavy atom. The molecule has 136 valence electrons. The second kappa shape index (κ2) is 7.03. The van der Waals surface area contributed by atoms with Gasteiger partial charge in [-0.25, -0.2) is 9.97 Å². The van der Waals surface area contributed by atoms with Crippen molar-refractivity contribution in [2.45, 2.75) is 33.1 Å². The van der Waals surface area contributed by atoms with Crippen molar-refractivity contribution < 1.29 is 4.42 Å². The third-order valence-electron chi connectivity index (χ3n) is 5.10. The average Bonchev–Trinajstić information content (AvgIpc) is 3.21. The lowest BCUT2D eigenvalue weighted by atomic mass is 9.94. The number of nitrogens with zero attached hydrogens (tertiary/aromatic N) is 4. The Balaban J connectivity index is 1.37. The molecule has 26 heavy (non-hydrogen) atoms. The molecule has 0 spiro atoms. The van der Waals surface area contributed by atoms with E-state index in [1.165, 1.54) is 17.5 Å². The first-order valence-corrected chi connectivity index (χ1v) is 9.23. The van der Waals surface area contributed by atoms with Crippen LogP contribution in [-0.2, 0) is 0 Å². The maximum absolute atomic E-state index is 5.53. The van der Waals surface area contributed by atoms with Gasteiger partial charge in [-0.2, -0.15) is 4.98 Å². The number of rotatable bonds is 5. The Kier molecular flexibility index (Phi) is 4.59. The van der Waals surface area contributed by atoms with E-state index in [0.29, 0.717) is 28.9 Å². The molecule has 1 fully saturated rings. The number of nitrogens with one attached hydrogen (secondary N) is 1. The minimum atomic E-state index is 0.554. The normalized spacial score (nSPS) is 17.9. The summed E-state index contributed by atoms with van der Waals surface area (Å²) in [6.07, 6.45) is 1.23. The molecule has 6 heteroatoms. The topological polar surface area (TPSA) is 67.1 Å². The van der Waals surface area contributed by atoms with Crippen LogP contribution in [0.4, 0.5) is 5.82 Å². The molecule has 2 aromatic heterocycles. The first-order valence-electron chi connectivity index (χ1n) is 9.23. The maximum atomic E-state index is 5.53. The molecular formula is C20H25N5O. The van der Waals surface area contributed by atoms with Gasteiger partial charge in [-0.15, -0.1) is 0 Å². The summed E-state index contributed by atoms with van der Waals surface area (Å²) in [6.45, 7) is 9.99. The Morgan fingerprint density at radius 2 is 2.00 bits per heavy atom. The van der Waals surface area contributed by atoms with E-state index < -0.39 is 0 Å². The minimum absolute atomic E-state index is 0.554.